The molecule has 29 heavy (non-hydrogen) atoms. The van der Waals surface area contributed by atoms with Gasteiger partial charge in [-0.1, -0.05) is 17.7 Å². The Morgan fingerprint density at radius 2 is 1.55 bits per heavy atom. The fourth-order valence-corrected chi connectivity index (χ4v) is 5.01. The first-order valence-electron chi connectivity index (χ1n) is 9.59. The van der Waals surface area contributed by atoms with Crippen LogP contribution in [0, 0.1) is 13.8 Å². The van der Waals surface area contributed by atoms with Gasteiger partial charge in [-0.25, -0.2) is 17.4 Å². The van der Waals surface area contributed by atoms with Gasteiger partial charge in [-0.2, -0.15) is 0 Å². The molecule has 0 aliphatic carbocycles. The molecule has 0 unspecified atom stereocenters. The van der Waals surface area contributed by atoms with Gasteiger partial charge in [0.05, 0.1) is 16.1 Å². The Balaban J connectivity index is 1.87. The highest BCUT2D eigenvalue weighted by atomic mass is 32.2. The lowest BCUT2D eigenvalue weighted by molar-refractivity contribution is 0.00578. The van der Waals surface area contributed by atoms with E-state index in [4.69, 9.17) is 9.31 Å². The molecule has 0 amide bonds. The van der Waals surface area contributed by atoms with Crippen LogP contribution in [0.3, 0.4) is 0 Å². The van der Waals surface area contributed by atoms with Crippen molar-refractivity contribution >= 4 is 33.6 Å². The van der Waals surface area contributed by atoms with E-state index < -0.39 is 28.3 Å². The van der Waals surface area contributed by atoms with E-state index in [0.29, 0.717) is 16.7 Å². The summed E-state index contributed by atoms with van der Waals surface area (Å²) in [6.45, 7) is 11.6. The first-order valence-corrected chi connectivity index (χ1v) is 11.0. The normalized spacial score (nSPS) is 18.5. The minimum absolute atomic E-state index is 0.228. The van der Waals surface area contributed by atoms with Crippen molar-refractivity contribution in [1.82, 2.24) is 8.96 Å². The van der Waals surface area contributed by atoms with E-state index in [1.54, 1.807) is 37.4 Å². The topological polar surface area (TPSA) is 70.4 Å². The van der Waals surface area contributed by atoms with Crippen LogP contribution >= 0.6 is 0 Å². The van der Waals surface area contributed by atoms with Crippen LogP contribution in [0.4, 0.5) is 0 Å². The number of hydrogen-bond donors (Lipinski definition) is 0. The van der Waals surface area contributed by atoms with Gasteiger partial charge in [0.15, 0.2) is 5.65 Å². The quantitative estimate of drug-likeness (QED) is 0.618. The van der Waals surface area contributed by atoms with Crippen molar-refractivity contribution in [3.05, 3.63) is 53.9 Å². The molecule has 2 aromatic heterocycles. The zero-order chi connectivity index (χ0) is 21.2. The predicted octanol–water partition coefficient (Wildman–Crippen LogP) is 3.19. The summed E-state index contributed by atoms with van der Waals surface area (Å²) in [5.74, 6) is 0. The van der Waals surface area contributed by atoms with Crippen LogP contribution in [0.15, 0.2) is 47.5 Å². The third kappa shape index (κ3) is 3.10. The lowest BCUT2D eigenvalue weighted by Crippen LogP contribution is -2.41. The van der Waals surface area contributed by atoms with Crippen molar-refractivity contribution < 1.29 is 17.7 Å². The Morgan fingerprint density at radius 3 is 2.14 bits per heavy atom. The maximum Gasteiger partial charge on any atom is 0.495 e. The molecule has 1 saturated heterocycles. The van der Waals surface area contributed by atoms with Crippen LogP contribution in [-0.2, 0) is 19.3 Å². The lowest BCUT2D eigenvalue weighted by Gasteiger charge is -2.32. The van der Waals surface area contributed by atoms with Crippen LogP contribution < -0.4 is 5.46 Å². The molecule has 0 radical (unpaired) electrons. The number of fused-ring (bicyclic) bond motifs is 1. The first kappa shape index (κ1) is 20.1. The molecule has 3 aromatic rings. The zero-order valence-electron chi connectivity index (χ0n) is 17.6. The summed E-state index contributed by atoms with van der Waals surface area (Å²) in [7, 11) is -4.38. The van der Waals surface area contributed by atoms with Crippen molar-refractivity contribution in [3.8, 4) is 0 Å². The van der Waals surface area contributed by atoms with E-state index in [0.717, 1.165) is 11.0 Å². The van der Waals surface area contributed by atoms with Crippen LogP contribution in [0.25, 0.3) is 11.0 Å². The summed E-state index contributed by atoms with van der Waals surface area (Å²) < 4.78 is 40.3. The lowest BCUT2D eigenvalue weighted by atomic mass is 9.78. The first-order chi connectivity index (χ1) is 13.4. The van der Waals surface area contributed by atoms with Crippen molar-refractivity contribution in [3.63, 3.8) is 0 Å². The number of hydrogen-bond acceptors (Lipinski definition) is 5. The fourth-order valence-electron chi connectivity index (χ4n) is 3.52. The zero-order valence-corrected chi connectivity index (χ0v) is 18.4. The maximum atomic E-state index is 13.3. The Bertz CT molecular complexity index is 1180. The molecule has 3 heterocycles. The van der Waals surface area contributed by atoms with Crippen LogP contribution in [0.2, 0.25) is 0 Å². The smallest absolute Gasteiger partial charge is 0.399 e. The second-order valence-electron chi connectivity index (χ2n) is 8.59. The highest BCUT2D eigenvalue weighted by molar-refractivity contribution is 7.90. The molecule has 0 saturated carbocycles. The van der Waals surface area contributed by atoms with E-state index in [2.05, 4.69) is 4.98 Å². The molecule has 0 atom stereocenters. The summed E-state index contributed by atoms with van der Waals surface area (Å²) in [5.41, 5.74) is 1.75. The molecule has 6 nitrogen and oxygen atoms in total. The Hall–Kier alpha value is -2.16. The van der Waals surface area contributed by atoms with Crippen molar-refractivity contribution in [2.24, 2.45) is 0 Å². The van der Waals surface area contributed by atoms with Gasteiger partial charge >= 0.3 is 7.12 Å². The Morgan fingerprint density at radius 1 is 0.966 bits per heavy atom. The molecule has 0 bridgehead atoms. The largest absolute Gasteiger partial charge is 0.495 e. The van der Waals surface area contributed by atoms with E-state index in [9.17, 15) is 8.42 Å². The third-order valence-corrected chi connectivity index (χ3v) is 7.74. The molecule has 0 spiro atoms. The molecule has 1 aliphatic rings. The number of aromatic nitrogens is 2. The Kier molecular flexibility index (Phi) is 4.46. The maximum absolute atomic E-state index is 13.3. The molecular formula is C21H25BN2O4S. The second-order valence-corrected chi connectivity index (χ2v) is 10.4. The van der Waals surface area contributed by atoms with Gasteiger partial charge in [-0.3, -0.25) is 0 Å². The minimum Gasteiger partial charge on any atom is -0.399 e. The number of benzene rings is 1. The van der Waals surface area contributed by atoms with Gasteiger partial charge in [0.25, 0.3) is 10.0 Å². The molecule has 152 valence electrons. The summed E-state index contributed by atoms with van der Waals surface area (Å²) in [6, 6.07) is 10.5. The van der Waals surface area contributed by atoms with Gasteiger partial charge in [0.2, 0.25) is 0 Å². The number of pyridine rings is 1. The van der Waals surface area contributed by atoms with Gasteiger partial charge in [-0.05, 0) is 71.3 Å². The molecule has 4 rings (SSSR count). The van der Waals surface area contributed by atoms with Crippen LogP contribution in [0.1, 0.15) is 39.0 Å². The molecule has 1 fully saturated rings. The van der Waals surface area contributed by atoms with E-state index in [1.807, 2.05) is 46.8 Å². The molecule has 8 heteroatoms. The average molecular weight is 412 g/mol. The summed E-state index contributed by atoms with van der Waals surface area (Å²) in [5, 5.41) is 0.708. The third-order valence-electron chi connectivity index (χ3n) is 5.94. The predicted molar refractivity (Wildman–Crippen MR) is 114 cm³/mol. The van der Waals surface area contributed by atoms with E-state index in [-0.39, 0.29) is 4.90 Å². The molecule has 1 aliphatic heterocycles. The summed E-state index contributed by atoms with van der Waals surface area (Å²) in [4.78, 5) is 4.62. The van der Waals surface area contributed by atoms with Crippen LogP contribution in [0.5, 0.6) is 0 Å². The van der Waals surface area contributed by atoms with Crippen LogP contribution in [-0.4, -0.2) is 35.7 Å². The van der Waals surface area contributed by atoms with Gasteiger partial charge in [0, 0.05) is 17.3 Å². The average Bonchev–Trinajstić information content (AvgIpc) is 3.07. The van der Waals surface area contributed by atoms with Gasteiger partial charge < -0.3 is 9.31 Å². The standard InChI is InChI=1S/C21H25BN2O4S/c1-14-7-9-16(10-8-14)29(25,26)24-15(2)13-17-18(11-12-23-19(17)24)22-27-20(3,4)21(5,6)28-22/h7-13H,1-6H3. The highest BCUT2D eigenvalue weighted by Gasteiger charge is 2.52. The highest BCUT2D eigenvalue weighted by Crippen LogP contribution is 2.37. The number of nitrogens with zero attached hydrogens (tertiary/aromatic N) is 2. The second kappa shape index (κ2) is 6.42. The van der Waals surface area contributed by atoms with E-state index in [1.165, 1.54) is 3.97 Å². The monoisotopic (exact) mass is 412 g/mol. The fraction of sp³-hybridized carbons (Fsp3) is 0.381. The van der Waals surface area contributed by atoms with Gasteiger partial charge in [0.1, 0.15) is 0 Å². The number of rotatable bonds is 3. The molecule has 0 N–H and O–H groups in total. The Labute approximate surface area is 172 Å². The summed E-state index contributed by atoms with van der Waals surface area (Å²) >= 11 is 0. The molecular weight excluding hydrogens is 387 g/mol. The van der Waals surface area contributed by atoms with Crippen molar-refractivity contribution in [2.75, 3.05) is 0 Å². The van der Waals surface area contributed by atoms with Crippen molar-refractivity contribution in [2.45, 2.75) is 57.6 Å². The van der Waals surface area contributed by atoms with Crippen molar-refractivity contribution in [1.29, 1.82) is 0 Å². The molecule has 1 aromatic carbocycles. The minimum atomic E-state index is -3.78. The number of aryl methyl sites for hydroxylation is 2. The SMILES string of the molecule is Cc1ccc(S(=O)(=O)n2c(C)cc3c(B4OC(C)(C)C(C)(C)O4)ccnc32)cc1. The summed E-state index contributed by atoms with van der Waals surface area (Å²) in [6.07, 6.45) is 1.60. The van der Waals surface area contributed by atoms with E-state index >= 15 is 0 Å². The van der Waals surface area contributed by atoms with Gasteiger partial charge in [-0.15, -0.1) is 0 Å².